The van der Waals surface area contributed by atoms with Crippen LogP contribution in [0.3, 0.4) is 0 Å². The van der Waals surface area contributed by atoms with E-state index in [4.69, 9.17) is 9.47 Å². The highest BCUT2D eigenvalue weighted by Crippen LogP contribution is 2.31. The number of methoxy groups -OCH3 is 1. The van der Waals surface area contributed by atoms with Crippen molar-refractivity contribution in [3.05, 3.63) is 66.1 Å². The van der Waals surface area contributed by atoms with Crippen LogP contribution >= 0.6 is 0 Å². The fraction of sp³-hybridized carbons (Fsp3) is 0.200. The van der Waals surface area contributed by atoms with Crippen molar-refractivity contribution in [3.8, 4) is 22.7 Å². The first-order chi connectivity index (χ1) is 12.7. The molecule has 4 rings (SSSR count). The van der Waals surface area contributed by atoms with Crippen LogP contribution in [0.4, 0.5) is 4.39 Å². The molecule has 0 unspecified atom stereocenters. The number of carbonyl (C=O) groups is 1. The van der Waals surface area contributed by atoms with Gasteiger partial charge in [-0.2, -0.15) is 5.10 Å². The maximum Gasteiger partial charge on any atom is 0.358 e. The summed E-state index contributed by atoms with van der Waals surface area (Å²) in [5, 5.41) is 4.25. The highest BCUT2D eigenvalue weighted by Gasteiger charge is 2.24. The van der Waals surface area contributed by atoms with E-state index in [9.17, 15) is 9.18 Å². The van der Waals surface area contributed by atoms with Crippen LogP contribution in [-0.2, 0) is 4.74 Å². The number of para-hydroxylation sites is 1. The van der Waals surface area contributed by atoms with Crippen molar-refractivity contribution in [2.45, 2.75) is 18.9 Å². The van der Waals surface area contributed by atoms with Gasteiger partial charge in [-0.1, -0.05) is 24.3 Å². The third kappa shape index (κ3) is 3.18. The van der Waals surface area contributed by atoms with Gasteiger partial charge in [0.15, 0.2) is 5.69 Å². The predicted octanol–water partition coefficient (Wildman–Crippen LogP) is 4.01. The van der Waals surface area contributed by atoms with Crippen molar-refractivity contribution in [1.82, 2.24) is 9.78 Å². The molecule has 0 radical (unpaired) electrons. The quantitative estimate of drug-likeness (QED) is 0.651. The number of halogens is 1. The number of aromatic nitrogens is 2. The van der Waals surface area contributed by atoms with E-state index in [-0.39, 0.29) is 17.5 Å². The molecule has 0 saturated heterocycles. The van der Waals surface area contributed by atoms with Crippen molar-refractivity contribution in [2.24, 2.45) is 0 Å². The number of rotatable bonds is 5. The highest BCUT2D eigenvalue weighted by atomic mass is 19.1. The lowest BCUT2D eigenvalue weighted by Crippen LogP contribution is -2.05. The van der Waals surface area contributed by atoms with E-state index in [2.05, 4.69) is 5.10 Å². The molecule has 0 bridgehead atoms. The Morgan fingerprint density at radius 2 is 1.96 bits per heavy atom. The SMILES string of the molecule is COC(=O)c1cc(-c2cccc(OC3CC3)c2)n(-c2ccccc2F)n1. The van der Waals surface area contributed by atoms with Crippen LogP contribution in [0.15, 0.2) is 54.6 Å². The maximum atomic E-state index is 14.3. The van der Waals surface area contributed by atoms with Gasteiger partial charge in [-0.15, -0.1) is 0 Å². The molecule has 1 fully saturated rings. The normalized spacial score (nSPS) is 13.5. The Bertz CT molecular complexity index is 963. The second-order valence-corrected chi connectivity index (χ2v) is 6.11. The summed E-state index contributed by atoms with van der Waals surface area (Å²) in [5.41, 5.74) is 1.72. The molecular formula is C20H17FN2O3. The number of hydrogen-bond acceptors (Lipinski definition) is 4. The summed E-state index contributed by atoms with van der Waals surface area (Å²) in [4.78, 5) is 11.9. The van der Waals surface area contributed by atoms with Gasteiger partial charge in [0.2, 0.25) is 0 Å². The van der Waals surface area contributed by atoms with Gasteiger partial charge in [0.25, 0.3) is 0 Å². The monoisotopic (exact) mass is 352 g/mol. The van der Waals surface area contributed by atoms with Gasteiger partial charge in [0.1, 0.15) is 17.3 Å². The molecule has 0 atom stereocenters. The standard InChI is InChI=1S/C20H17FN2O3/c1-25-20(24)17-12-19(23(22-17)18-8-3-2-7-16(18)21)13-5-4-6-15(11-13)26-14-9-10-14/h2-8,11-12,14H,9-10H2,1H3. The number of carbonyl (C=O) groups excluding carboxylic acids is 1. The van der Waals surface area contributed by atoms with E-state index in [1.807, 2.05) is 24.3 Å². The molecule has 0 spiro atoms. The minimum atomic E-state index is -0.577. The van der Waals surface area contributed by atoms with Crippen molar-refractivity contribution >= 4 is 5.97 Å². The number of nitrogens with zero attached hydrogens (tertiary/aromatic N) is 2. The molecule has 0 N–H and O–H groups in total. The topological polar surface area (TPSA) is 53.4 Å². The first-order valence-electron chi connectivity index (χ1n) is 8.36. The van der Waals surface area contributed by atoms with Crippen LogP contribution in [-0.4, -0.2) is 29.0 Å². The first-order valence-corrected chi connectivity index (χ1v) is 8.36. The number of esters is 1. The maximum absolute atomic E-state index is 14.3. The van der Waals surface area contributed by atoms with Crippen LogP contribution in [0.25, 0.3) is 16.9 Å². The number of ether oxygens (including phenoxy) is 2. The molecule has 1 aliphatic rings. The molecule has 1 saturated carbocycles. The van der Waals surface area contributed by atoms with Gasteiger partial charge in [-0.25, -0.2) is 13.9 Å². The Kier molecular flexibility index (Phi) is 4.16. The van der Waals surface area contributed by atoms with E-state index in [1.54, 1.807) is 24.3 Å². The lowest BCUT2D eigenvalue weighted by Gasteiger charge is -2.10. The van der Waals surface area contributed by atoms with Crippen LogP contribution in [0, 0.1) is 5.82 Å². The van der Waals surface area contributed by atoms with Crippen LogP contribution in [0.5, 0.6) is 5.75 Å². The van der Waals surface area contributed by atoms with Gasteiger partial charge in [-0.05, 0) is 43.2 Å². The van der Waals surface area contributed by atoms with E-state index < -0.39 is 11.8 Å². The van der Waals surface area contributed by atoms with Gasteiger partial charge in [0.05, 0.1) is 18.9 Å². The predicted molar refractivity (Wildman–Crippen MR) is 93.9 cm³/mol. The number of benzene rings is 2. The van der Waals surface area contributed by atoms with E-state index in [0.29, 0.717) is 5.69 Å². The molecule has 5 nitrogen and oxygen atoms in total. The molecule has 0 aliphatic heterocycles. The largest absolute Gasteiger partial charge is 0.490 e. The lowest BCUT2D eigenvalue weighted by molar-refractivity contribution is 0.0593. The zero-order valence-corrected chi connectivity index (χ0v) is 14.2. The van der Waals surface area contributed by atoms with E-state index in [0.717, 1.165) is 24.2 Å². The first kappa shape index (κ1) is 16.3. The fourth-order valence-corrected chi connectivity index (χ4v) is 2.71. The Balaban J connectivity index is 1.82. The fourth-order valence-electron chi connectivity index (χ4n) is 2.71. The zero-order chi connectivity index (χ0) is 18.1. The molecule has 26 heavy (non-hydrogen) atoms. The molecule has 132 valence electrons. The minimum absolute atomic E-state index is 0.110. The molecule has 1 heterocycles. The zero-order valence-electron chi connectivity index (χ0n) is 14.2. The second-order valence-electron chi connectivity index (χ2n) is 6.11. The molecule has 3 aromatic rings. The van der Waals surface area contributed by atoms with Crippen molar-refractivity contribution in [1.29, 1.82) is 0 Å². The summed E-state index contributed by atoms with van der Waals surface area (Å²) in [6.45, 7) is 0. The smallest absolute Gasteiger partial charge is 0.358 e. The molecule has 1 aliphatic carbocycles. The van der Waals surface area contributed by atoms with Gasteiger partial charge in [-0.3, -0.25) is 0 Å². The Labute approximate surface area is 150 Å². The average molecular weight is 352 g/mol. The summed E-state index contributed by atoms with van der Waals surface area (Å²) in [6, 6.07) is 15.4. The van der Waals surface area contributed by atoms with Crippen LogP contribution in [0.1, 0.15) is 23.3 Å². The van der Waals surface area contributed by atoms with Gasteiger partial charge >= 0.3 is 5.97 Å². The molecule has 1 aromatic heterocycles. The average Bonchev–Trinajstić information content (AvgIpc) is 3.36. The third-order valence-corrected chi connectivity index (χ3v) is 4.14. The third-order valence-electron chi connectivity index (χ3n) is 4.14. The molecule has 0 amide bonds. The van der Waals surface area contributed by atoms with Gasteiger partial charge < -0.3 is 9.47 Å². The van der Waals surface area contributed by atoms with Crippen molar-refractivity contribution in [3.63, 3.8) is 0 Å². The highest BCUT2D eigenvalue weighted by molar-refractivity contribution is 5.89. The second kappa shape index (κ2) is 6.63. The Morgan fingerprint density at radius 3 is 2.69 bits per heavy atom. The summed E-state index contributed by atoms with van der Waals surface area (Å²) < 4.78 is 26.3. The molecular weight excluding hydrogens is 335 g/mol. The van der Waals surface area contributed by atoms with Crippen molar-refractivity contribution in [2.75, 3.05) is 7.11 Å². The summed E-state index contributed by atoms with van der Waals surface area (Å²) in [5.74, 6) is -0.267. The van der Waals surface area contributed by atoms with Crippen LogP contribution in [0.2, 0.25) is 0 Å². The minimum Gasteiger partial charge on any atom is -0.490 e. The number of hydrogen-bond donors (Lipinski definition) is 0. The van der Waals surface area contributed by atoms with Gasteiger partial charge in [0, 0.05) is 5.56 Å². The Morgan fingerprint density at radius 1 is 1.15 bits per heavy atom. The van der Waals surface area contributed by atoms with E-state index in [1.165, 1.54) is 17.9 Å². The van der Waals surface area contributed by atoms with Crippen LogP contribution < -0.4 is 4.74 Å². The molecule has 2 aromatic carbocycles. The lowest BCUT2D eigenvalue weighted by atomic mass is 10.1. The van der Waals surface area contributed by atoms with E-state index >= 15 is 0 Å². The molecule has 6 heteroatoms. The Hall–Kier alpha value is -3.15. The summed E-state index contributed by atoms with van der Waals surface area (Å²) >= 11 is 0. The summed E-state index contributed by atoms with van der Waals surface area (Å²) in [6.07, 6.45) is 2.39. The van der Waals surface area contributed by atoms with Crippen molar-refractivity contribution < 1.29 is 18.7 Å². The summed E-state index contributed by atoms with van der Waals surface area (Å²) in [7, 11) is 1.29.